The van der Waals surface area contributed by atoms with Crippen LogP contribution in [-0.2, 0) is 0 Å². The first-order valence-electron chi connectivity index (χ1n) is 4.70. The van der Waals surface area contributed by atoms with Crippen LogP contribution in [0.5, 0.6) is 0 Å². The van der Waals surface area contributed by atoms with E-state index in [4.69, 9.17) is 0 Å². The van der Waals surface area contributed by atoms with E-state index in [0.29, 0.717) is 0 Å². The molecular weight excluding hydrogens is 254 g/mol. The Bertz CT molecular complexity index is 398. The van der Waals surface area contributed by atoms with Crippen molar-refractivity contribution in [2.24, 2.45) is 0 Å². The Morgan fingerprint density at radius 3 is 3.00 bits per heavy atom. The zero-order valence-electron chi connectivity index (χ0n) is 8.44. The molecule has 1 N–H and O–H groups in total. The van der Waals surface area contributed by atoms with Crippen LogP contribution in [0.2, 0.25) is 0 Å². The molecule has 78 valence electrons. The zero-order chi connectivity index (χ0) is 10.7. The highest BCUT2D eigenvalue weighted by atomic mass is 79.9. The molecule has 1 aliphatic rings. The normalized spacial score (nSPS) is 15.7. The van der Waals surface area contributed by atoms with E-state index in [-0.39, 0.29) is 0 Å². The molecular formula is C11H12BrN3. The van der Waals surface area contributed by atoms with Gasteiger partial charge in [0, 0.05) is 29.6 Å². The predicted octanol–water partition coefficient (Wildman–Crippen LogP) is 2.56. The van der Waals surface area contributed by atoms with E-state index >= 15 is 0 Å². The van der Waals surface area contributed by atoms with Crippen LogP contribution in [0.25, 0.3) is 0 Å². The van der Waals surface area contributed by atoms with Gasteiger partial charge in [0.1, 0.15) is 5.82 Å². The Kier molecular flexibility index (Phi) is 3.06. The fraction of sp³-hybridized carbons (Fsp3) is 0.182. The number of anilines is 1. The van der Waals surface area contributed by atoms with Crippen LogP contribution in [0, 0.1) is 0 Å². The van der Waals surface area contributed by atoms with Crippen LogP contribution >= 0.6 is 15.9 Å². The van der Waals surface area contributed by atoms with Crippen LogP contribution in [0.4, 0.5) is 5.82 Å². The van der Waals surface area contributed by atoms with Gasteiger partial charge >= 0.3 is 0 Å². The van der Waals surface area contributed by atoms with E-state index in [1.807, 2.05) is 31.4 Å². The van der Waals surface area contributed by atoms with Gasteiger partial charge in [-0.15, -0.1) is 0 Å². The standard InChI is InChI=1S/C11H12BrN3/c1-15-7-9(12)6-10(8-15)14-11-4-2-3-5-13-11/h2-7H,8H2,1H3,(H,13,14). The lowest BCUT2D eigenvalue weighted by molar-refractivity contribution is 0.491. The van der Waals surface area contributed by atoms with Gasteiger partial charge in [0.05, 0.1) is 6.54 Å². The summed E-state index contributed by atoms with van der Waals surface area (Å²) < 4.78 is 1.06. The first-order valence-corrected chi connectivity index (χ1v) is 5.49. The number of pyridine rings is 1. The highest BCUT2D eigenvalue weighted by Crippen LogP contribution is 2.18. The highest BCUT2D eigenvalue weighted by Gasteiger charge is 2.07. The predicted molar refractivity (Wildman–Crippen MR) is 65.6 cm³/mol. The average Bonchev–Trinajstić information content (AvgIpc) is 2.17. The summed E-state index contributed by atoms with van der Waals surface area (Å²) in [6.07, 6.45) is 5.89. The van der Waals surface area contributed by atoms with E-state index in [2.05, 4.69) is 37.2 Å². The van der Waals surface area contributed by atoms with Crippen LogP contribution in [-0.4, -0.2) is 23.5 Å². The van der Waals surface area contributed by atoms with E-state index in [9.17, 15) is 0 Å². The number of likely N-dealkylation sites (N-methyl/N-ethyl adjacent to an activating group) is 1. The molecule has 3 nitrogen and oxygen atoms in total. The SMILES string of the molecule is CN1C=C(Br)C=C(Nc2ccccn2)C1. The lowest BCUT2D eigenvalue weighted by Crippen LogP contribution is -2.21. The van der Waals surface area contributed by atoms with Crippen molar-refractivity contribution in [1.82, 2.24) is 9.88 Å². The van der Waals surface area contributed by atoms with Crippen molar-refractivity contribution in [2.45, 2.75) is 0 Å². The highest BCUT2D eigenvalue weighted by molar-refractivity contribution is 9.11. The van der Waals surface area contributed by atoms with E-state index < -0.39 is 0 Å². The van der Waals surface area contributed by atoms with Crippen LogP contribution in [0.1, 0.15) is 0 Å². The van der Waals surface area contributed by atoms with Crippen molar-refractivity contribution in [3.8, 4) is 0 Å². The van der Waals surface area contributed by atoms with Gasteiger partial charge in [0.25, 0.3) is 0 Å². The van der Waals surface area contributed by atoms with E-state index in [0.717, 1.165) is 22.5 Å². The lowest BCUT2D eigenvalue weighted by Gasteiger charge is -2.22. The van der Waals surface area contributed by atoms with Crippen molar-refractivity contribution >= 4 is 21.7 Å². The first kappa shape index (κ1) is 10.2. The maximum atomic E-state index is 4.22. The van der Waals surface area contributed by atoms with Crippen molar-refractivity contribution < 1.29 is 0 Å². The Morgan fingerprint density at radius 1 is 1.47 bits per heavy atom. The van der Waals surface area contributed by atoms with Crippen LogP contribution in [0.15, 0.2) is 46.9 Å². The van der Waals surface area contributed by atoms with E-state index in [1.54, 1.807) is 6.20 Å². The topological polar surface area (TPSA) is 28.2 Å². The molecule has 0 unspecified atom stereocenters. The molecule has 0 atom stereocenters. The molecule has 0 radical (unpaired) electrons. The molecule has 0 saturated heterocycles. The molecule has 1 aromatic rings. The number of hydrogen-bond donors (Lipinski definition) is 1. The number of halogens is 1. The van der Waals surface area contributed by atoms with Crippen LogP contribution in [0.3, 0.4) is 0 Å². The Morgan fingerprint density at radius 2 is 2.33 bits per heavy atom. The second kappa shape index (κ2) is 4.49. The van der Waals surface area contributed by atoms with Crippen molar-refractivity contribution in [2.75, 3.05) is 18.9 Å². The third kappa shape index (κ3) is 2.83. The second-order valence-corrected chi connectivity index (χ2v) is 4.35. The summed E-state index contributed by atoms with van der Waals surface area (Å²) in [5.41, 5.74) is 1.13. The van der Waals surface area contributed by atoms with Gasteiger partial charge in [-0.2, -0.15) is 0 Å². The Labute approximate surface area is 97.6 Å². The summed E-state index contributed by atoms with van der Waals surface area (Å²) in [5.74, 6) is 0.874. The van der Waals surface area contributed by atoms with Gasteiger partial charge < -0.3 is 10.2 Å². The van der Waals surface area contributed by atoms with Gasteiger partial charge in [-0.1, -0.05) is 6.07 Å². The smallest absolute Gasteiger partial charge is 0.130 e. The number of rotatable bonds is 2. The molecule has 0 amide bonds. The molecule has 1 aliphatic heterocycles. The lowest BCUT2D eigenvalue weighted by atomic mass is 10.3. The van der Waals surface area contributed by atoms with Gasteiger partial charge in [-0.05, 0) is 34.1 Å². The molecule has 0 aliphatic carbocycles. The molecule has 15 heavy (non-hydrogen) atoms. The van der Waals surface area contributed by atoms with Crippen molar-refractivity contribution in [3.63, 3.8) is 0 Å². The molecule has 0 saturated carbocycles. The van der Waals surface area contributed by atoms with Gasteiger partial charge in [0.15, 0.2) is 0 Å². The zero-order valence-corrected chi connectivity index (χ0v) is 10.0. The largest absolute Gasteiger partial charge is 0.374 e. The molecule has 0 aromatic carbocycles. The fourth-order valence-electron chi connectivity index (χ4n) is 1.45. The third-order valence-electron chi connectivity index (χ3n) is 2.03. The monoisotopic (exact) mass is 265 g/mol. The molecule has 0 bridgehead atoms. The average molecular weight is 266 g/mol. The molecule has 2 rings (SSSR count). The summed E-state index contributed by atoms with van der Waals surface area (Å²) in [6.45, 7) is 0.867. The maximum absolute atomic E-state index is 4.22. The molecule has 1 aromatic heterocycles. The molecule has 0 spiro atoms. The van der Waals surface area contributed by atoms with Crippen molar-refractivity contribution in [1.29, 1.82) is 0 Å². The number of aromatic nitrogens is 1. The minimum absolute atomic E-state index is 0.867. The summed E-state index contributed by atoms with van der Waals surface area (Å²) in [6, 6.07) is 5.82. The minimum atomic E-state index is 0.867. The van der Waals surface area contributed by atoms with E-state index in [1.165, 1.54) is 0 Å². The van der Waals surface area contributed by atoms with Gasteiger partial charge in [0.2, 0.25) is 0 Å². The fourth-order valence-corrected chi connectivity index (χ4v) is 2.08. The first-order chi connectivity index (χ1) is 7.24. The number of nitrogens with one attached hydrogen (secondary N) is 1. The third-order valence-corrected chi connectivity index (χ3v) is 2.46. The van der Waals surface area contributed by atoms with Crippen molar-refractivity contribution in [3.05, 3.63) is 46.9 Å². The summed E-state index contributed by atoms with van der Waals surface area (Å²) >= 11 is 3.47. The summed E-state index contributed by atoms with van der Waals surface area (Å²) in [7, 11) is 2.04. The molecule has 0 fully saturated rings. The number of allylic oxidation sites excluding steroid dienone is 2. The van der Waals surface area contributed by atoms with Crippen LogP contribution < -0.4 is 5.32 Å². The number of nitrogens with zero attached hydrogens (tertiary/aromatic N) is 2. The van der Waals surface area contributed by atoms with Gasteiger partial charge in [-0.25, -0.2) is 4.98 Å². The Hall–Kier alpha value is -1.29. The quantitative estimate of drug-likeness (QED) is 0.891. The number of hydrogen-bond acceptors (Lipinski definition) is 3. The summed E-state index contributed by atoms with van der Waals surface area (Å²) in [4.78, 5) is 6.32. The molecule has 2 heterocycles. The second-order valence-electron chi connectivity index (χ2n) is 3.44. The van der Waals surface area contributed by atoms with Gasteiger partial charge in [-0.3, -0.25) is 0 Å². The molecule has 4 heteroatoms. The maximum Gasteiger partial charge on any atom is 0.130 e. The minimum Gasteiger partial charge on any atom is -0.374 e. The Balaban J connectivity index is 2.11. The summed E-state index contributed by atoms with van der Waals surface area (Å²) in [5, 5.41) is 3.28.